The average Bonchev–Trinajstić information content (AvgIpc) is 2.70. The molecule has 0 bridgehead atoms. The van der Waals surface area contributed by atoms with Crippen molar-refractivity contribution < 1.29 is 12.7 Å². The first kappa shape index (κ1) is 11.1. The fourth-order valence-electron chi connectivity index (χ4n) is 1.29. The second-order valence-corrected chi connectivity index (χ2v) is 5.03. The fourth-order valence-corrected chi connectivity index (χ4v) is 2.21. The van der Waals surface area contributed by atoms with Crippen LogP contribution in [0.1, 0.15) is 5.56 Å². The third-order valence-corrected chi connectivity index (χ3v) is 3.40. The van der Waals surface area contributed by atoms with Crippen molar-refractivity contribution in [3.63, 3.8) is 0 Å². The van der Waals surface area contributed by atoms with Crippen molar-refractivity contribution in [3.8, 4) is 0 Å². The summed E-state index contributed by atoms with van der Waals surface area (Å²) < 4.78 is 28.4. The number of hydrogen-bond donors (Lipinski definition) is 0. The van der Waals surface area contributed by atoms with Gasteiger partial charge in [-0.05, 0) is 19.1 Å². The van der Waals surface area contributed by atoms with Gasteiger partial charge in [0.2, 0.25) is 0 Å². The first-order valence-corrected chi connectivity index (χ1v) is 6.27. The highest BCUT2D eigenvalue weighted by atomic mass is 32.2. The van der Waals surface area contributed by atoms with Crippen molar-refractivity contribution in [3.05, 3.63) is 29.8 Å². The Balaban J connectivity index is 2.18. The molecule has 0 aromatic heterocycles. The Morgan fingerprint density at radius 3 is 2.56 bits per heavy atom. The van der Waals surface area contributed by atoms with E-state index in [0.717, 1.165) is 5.56 Å². The maximum atomic E-state index is 11.8. The largest absolute Gasteiger partial charge is 0.317 e. The predicted octanol–water partition coefficient (Wildman–Crippen LogP) is 0.959. The topological polar surface area (TPSA) is 59.0 Å². The van der Waals surface area contributed by atoms with Crippen molar-refractivity contribution in [2.24, 2.45) is 4.99 Å². The summed E-state index contributed by atoms with van der Waals surface area (Å²) in [5.74, 6) is 0. The quantitative estimate of drug-likeness (QED) is 0.789. The molecule has 0 spiro atoms. The van der Waals surface area contributed by atoms with E-state index in [4.69, 9.17) is 4.28 Å². The maximum absolute atomic E-state index is 11.8. The van der Waals surface area contributed by atoms with Gasteiger partial charge in [0.1, 0.15) is 6.34 Å². The van der Waals surface area contributed by atoms with Crippen LogP contribution in [0.15, 0.2) is 34.2 Å². The minimum absolute atomic E-state index is 0.151. The van der Waals surface area contributed by atoms with E-state index >= 15 is 0 Å². The van der Waals surface area contributed by atoms with Gasteiger partial charge < -0.3 is 0 Å². The summed E-state index contributed by atoms with van der Waals surface area (Å²) in [4.78, 5) is 4.02. The average molecular weight is 240 g/mol. The van der Waals surface area contributed by atoms with Crippen LogP contribution in [0.5, 0.6) is 0 Å². The molecule has 86 valence electrons. The minimum Gasteiger partial charge on any atom is -0.271 e. The molecule has 1 aromatic carbocycles. The van der Waals surface area contributed by atoms with Crippen LogP contribution in [-0.4, -0.2) is 32.9 Å². The van der Waals surface area contributed by atoms with Gasteiger partial charge in [0.05, 0.1) is 18.0 Å². The number of nitrogens with zero attached hydrogens (tertiary/aromatic N) is 2. The van der Waals surface area contributed by atoms with Gasteiger partial charge in [0.25, 0.3) is 0 Å². The highest BCUT2D eigenvalue weighted by molar-refractivity contribution is 7.86. The molecule has 0 saturated carbocycles. The molecule has 0 aliphatic carbocycles. The summed E-state index contributed by atoms with van der Waals surface area (Å²) in [5.41, 5.74) is 1.00. The third-order valence-electron chi connectivity index (χ3n) is 2.16. The Hall–Kier alpha value is -1.40. The lowest BCUT2D eigenvalue weighted by Crippen LogP contribution is -2.24. The lowest BCUT2D eigenvalue weighted by Gasteiger charge is -2.12. The first-order valence-electron chi connectivity index (χ1n) is 4.86. The summed E-state index contributed by atoms with van der Waals surface area (Å²) >= 11 is 0. The van der Waals surface area contributed by atoms with Gasteiger partial charge in [-0.3, -0.25) is 4.99 Å². The molecule has 1 aliphatic rings. The Morgan fingerprint density at radius 2 is 2.00 bits per heavy atom. The zero-order valence-electron chi connectivity index (χ0n) is 8.83. The van der Waals surface area contributed by atoms with Crippen molar-refractivity contribution in [1.82, 2.24) is 5.06 Å². The molecule has 0 amide bonds. The van der Waals surface area contributed by atoms with E-state index in [0.29, 0.717) is 13.1 Å². The summed E-state index contributed by atoms with van der Waals surface area (Å²) in [6, 6.07) is 6.51. The van der Waals surface area contributed by atoms with E-state index < -0.39 is 10.1 Å². The van der Waals surface area contributed by atoms with Gasteiger partial charge in [-0.25, -0.2) is 5.06 Å². The summed E-state index contributed by atoms with van der Waals surface area (Å²) in [6.07, 6.45) is 1.38. The third kappa shape index (κ3) is 2.40. The number of hydroxylamine groups is 2. The van der Waals surface area contributed by atoms with Gasteiger partial charge in [0, 0.05) is 0 Å². The fraction of sp³-hybridized carbons (Fsp3) is 0.300. The van der Waals surface area contributed by atoms with Gasteiger partial charge in [-0.2, -0.15) is 8.42 Å². The zero-order valence-corrected chi connectivity index (χ0v) is 9.64. The van der Waals surface area contributed by atoms with Gasteiger partial charge in [-0.15, -0.1) is 4.28 Å². The summed E-state index contributed by atoms with van der Waals surface area (Å²) in [7, 11) is -3.73. The van der Waals surface area contributed by atoms with Gasteiger partial charge >= 0.3 is 10.1 Å². The van der Waals surface area contributed by atoms with Crippen molar-refractivity contribution in [1.29, 1.82) is 0 Å². The molecule has 1 aromatic rings. The monoisotopic (exact) mass is 240 g/mol. The lowest BCUT2D eigenvalue weighted by atomic mass is 10.2. The molecular formula is C10H12N2O3S. The molecule has 1 heterocycles. The molecule has 0 unspecified atom stereocenters. The van der Waals surface area contributed by atoms with E-state index in [9.17, 15) is 8.42 Å². The number of aliphatic imine (C=N–C) groups is 1. The van der Waals surface area contributed by atoms with Crippen molar-refractivity contribution in [2.75, 3.05) is 13.1 Å². The minimum atomic E-state index is -3.73. The van der Waals surface area contributed by atoms with E-state index in [1.807, 2.05) is 6.92 Å². The van der Waals surface area contributed by atoms with Crippen LogP contribution >= 0.6 is 0 Å². The molecule has 0 N–H and O–H groups in total. The molecule has 2 rings (SSSR count). The van der Waals surface area contributed by atoms with E-state index in [1.165, 1.54) is 23.5 Å². The Kier molecular flexibility index (Phi) is 2.93. The molecule has 5 nitrogen and oxygen atoms in total. The van der Waals surface area contributed by atoms with Crippen molar-refractivity contribution in [2.45, 2.75) is 11.8 Å². The molecule has 0 saturated heterocycles. The van der Waals surface area contributed by atoms with Gasteiger partial charge in [0.15, 0.2) is 0 Å². The highest BCUT2D eigenvalue weighted by Gasteiger charge is 2.20. The second kappa shape index (κ2) is 4.23. The van der Waals surface area contributed by atoms with E-state index in [1.54, 1.807) is 12.1 Å². The smallest absolute Gasteiger partial charge is 0.271 e. The predicted molar refractivity (Wildman–Crippen MR) is 59.5 cm³/mol. The summed E-state index contributed by atoms with van der Waals surface area (Å²) in [5, 5.41) is 1.22. The Morgan fingerprint density at radius 1 is 1.31 bits per heavy atom. The Labute approximate surface area is 94.4 Å². The standard InChI is InChI=1S/C10H12N2O3S/c1-9-2-4-10(5-3-9)16(13,14)15-12-7-6-11-8-12/h2-5,8H,6-7H2,1H3. The molecule has 0 fully saturated rings. The number of benzene rings is 1. The number of aryl methyl sites for hydroxylation is 1. The summed E-state index contributed by atoms with van der Waals surface area (Å²) in [6.45, 7) is 2.92. The molecule has 0 atom stereocenters. The number of rotatable bonds is 3. The normalized spacial score (nSPS) is 15.7. The molecule has 6 heteroatoms. The van der Waals surface area contributed by atoms with Crippen LogP contribution in [0.2, 0.25) is 0 Å². The van der Waals surface area contributed by atoms with Crippen LogP contribution in [0.3, 0.4) is 0 Å². The number of hydrogen-bond acceptors (Lipinski definition) is 5. The molecule has 0 radical (unpaired) electrons. The molecular weight excluding hydrogens is 228 g/mol. The van der Waals surface area contributed by atoms with Crippen LogP contribution in [0.25, 0.3) is 0 Å². The van der Waals surface area contributed by atoms with E-state index in [2.05, 4.69) is 4.99 Å². The van der Waals surface area contributed by atoms with Crippen LogP contribution < -0.4 is 0 Å². The van der Waals surface area contributed by atoms with Crippen molar-refractivity contribution >= 4 is 16.5 Å². The zero-order chi connectivity index (χ0) is 11.6. The molecule has 1 aliphatic heterocycles. The van der Waals surface area contributed by atoms with Crippen LogP contribution in [0.4, 0.5) is 0 Å². The SMILES string of the molecule is Cc1ccc(S(=O)(=O)ON2C=NCC2)cc1. The first-order chi connectivity index (χ1) is 7.58. The second-order valence-electron chi connectivity index (χ2n) is 3.50. The highest BCUT2D eigenvalue weighted by Crippen LogP contribution is 2.14. The lowest BCUT2D eigenvalue weighted by molar-refractivity contribution is 0.0457. The Bertz CT molecular complexity index is 493. The van der Waals surface area contributed by atoms with Crippen LogP contribution in [-0.2, 0) is 14.4 Å². The molecule has 16 heavy (non-hydrogen) atoms. The van der Waals surface area contributed by atoms with Gasteiger partial charge in [-0.1, -0.05) is 17.7 Å². The van der Waals surface area contributed by atoms with E-state index in [-0.39, 0.29) is 4.90 Å². The maximum Gasteiger partial charge on any atom is 0.317 e. The van der Waals surface area contributed by atoms with Crippen LogP contribution in [0, 0.1) is 6.92 Å².